The molecule has 144 valence electrons. The Kier molecular flexibility index (Phi) is 6.79. The van der Waals surface area contributed by atoms with Crippen LogP contribution in [0.15, 0.2) is 12.2 Å². The summed E-state index contributed by atoms with van der Waals surface area (Å²) in [5.41, 5.74) is 0. The molecule has 2 unspecified atom stereocenters. The standard InChI is InChI=1S/C13H16F10O/c1-4-5-6-7-8(2)10(15,16)9(3,14)24-13(22,23)11(17,18)12(19,20)21/h4-5,8H,6-7H2,1-3H3. The molecule has 24 heavy (non-hydrogen) atoms. The number of hydrogen-bond acceptors (Lipinski definition) is 1. The van der Waals surface area contributed by atoms with E-state index in [0.717, 1.165) is 6.92 Å². The summed E-state index contributed by atoms with van der Waals surface area (Å²) in [5.74, 6) is -18.3. The number of allylic oxidation sites excluding steroid dienone is 2. The maximum absolute atomic E-state index is 13.9. The van der Waals surface area contributed by atoms with Crippen molar-refractivity contribution < 1.29 is 48.6 Å². The molecule has 0 bridgehead atoms. The van der Waals surface area contributed by atoms with Crippen molar-refractivity contribution >= 4 is 0 Å². The van der Waals surface area contributed by atoms with Gasteiger partial charge in [-0.2, -0.15) is 39.5 Å². The SMILES string of the molecule is CC=CCCC(C)C(F)(F)C(C)(F)OC(F)(F)C(F)(F)C(F)(F)F. The molecular formula is C13H16F10O. The van der Waals surface area contributed by atoms with E-state index in [1.165, 1.54) is 12.2 Å². The highest BCUT2D eigenvalue weighted by Gasteiger charge is 2.77. The molecule has 0 aliphatic carbocycles. The quantitative estimate of drug-likeness (QED) is 0.366. The smallest absolute Gasteiger partial charge is 0.272 e. The molecule has 0 aromatic heterocycles. The summed E-state index contributed by atoms with van der Waals surface area (Å²) < 4.78 is 131. The first-order chi connectivity index (χ1) is 10.4. The van der Waals surface area contributed by atoms with Gasteiger partial charge < -0.3 is 0 Å². The molecule has 0 saturated carbocycles. The van der Waals surface area contributed by atoms with E-state index in [2.05, 4.69) is 4.74 Å². The fourth-order valence-corrected chi connectivity index (χ4v) is 1.67. The molecule has 2 atom stereocenters. The predicted octanol–water partition coefficient (Wildman–Crippen LogP) is 6.11. The molecule has 0 fully saturated rings. The van der Waals surface area contributed by atoms with Crippen molar-refractivity contribution in [3.05, 3.63) is 12.2 Å². The molecule has 0 amide bonds. The molecule has 11 heteroatoms. The summed E-state index contributed by atoms with van der Waals surface area (Å²) in [5, 5.41) is 0. The Morgan fingerprint density at radius 1 is 0.917 bits per heavy atom. The zero-order valence-corrected chi connectivity index (χ0v) is 12.8. The topological polar surface area (TPSA) is 9.23 Å². The third-order valence-corrected chi connectivity index (χ3v) is 3.26. The molecule has 1 nitrogen and oxygen atoms in total. The van der Waals surface area contributed by atoms with Crippen molar-refractivity contribution in [2.24, 2.45) is 5.92 Å². The summed E-state index contributed by atoms with van der Waals surface area (Å²) >= 11 is 0. The van der Waals surface area contributed by atoms with Gasteiger partial charge in [0.05, 0.1) is 0 Å². The average Bonchev–Trinajstić information content (AvgIpc) is 2.35. The van der Waals surface area contributed by atoms with Crippen molar-refractivity contribution in [3.8, 4) is 0 Å². The van der Waals surface area contributed by atoms with Crippen LogP contribution in [-0.4, -0.2) is 30.0 Å². The van der Waals surface area contributed by atoms with Crippen molar-refractivity contribution in [2.75, 3.05) is 0 Å². The van der Waals surface area contributed by atoms with Gasteiger partial charge in [0, 0.05) is 12.8 Å². The molecule has 0 radical (unpaired) electrons. The summed E-state index contributed by atoms with van der Waals surface area (Å²) in [6, 6.07) is 0. The molecule has 0 saturated heterocycles. The number of hydrogen-bond donors (Lipinski definition) is 0. The number of alkyl halides is 10. The summed E-state index contributed by atoms with van der Waals surface area (Å²) in [7, 11) is 0. The normalized spacial score (nSPS) is 18.7. The zero-order chi connectivity index (χ0) is 19.6. The number of halogens is 10. The van der Waals surface area contributed by atoms with Crippen molar-refractivity contribution in [3.63, 3.8) is 0 Å². The molecule has 0 N–H and O–H groups in total. The lowest BCUT2D eigenvalue weighted by Crippen LogP contribution is -2.60. The number of ether oxygens (including phenoxy) is 1. The van der Waals surface area contributed by atoms with Crippen LogP contribution >= 0.6 is 0 Å². The molecule has 0 rings (SSSR count). The van der Waals surface area contributed by atoms with Gasteiger partial charge in [-0.15, -0.1) is 0 Å². The monoisotopic (exact) mass is 378 g/mol. The first-order valence-electron chi connectivity index (χ1n) is 6.64. The Morgan fingerprint density at radius 2 is 1.38 bits per heavy atom. The summed E-state index contributed by atoms with van der Waals surface area (Å²) in [6.07, 6.45) is -10.9. The maximum atomic E-state index is 13.9. The highest BCUT2D eigenvalue weighted by atomic mass is 19.4. The van der Waals surface area contributed by atoms with Gasteiger partial charge in [-0.1, -0.05) is 19.1 Å². The summed E-state index contributed by atoms with van der Waals surface area (Å²) in [6.45, 7) is 1.95. The minimum Gasteiger partial charge on any atom is -0.272 e. The first kappa shape index (κ1) is 23.0. The minimum absolute atomic E-state index is 0.0154. The fraction of sp³-hybridized carbons (Fsp3) is 0.846. The van der Waals surface area contributed by atoms with Crippen molar-refractivity contribution in [2.45, 2.75) is 63.6 Å². The Bertz CT molecular complexity index is 439. The van der Waals surface area contributed by atoms with Crippen LogP contribution in [0.4, 0.5) is 43.9 Å². The Labute approximate surface area is 131 Å². The molecular weight excluding hydrogens is 362 g/mol. The van der Waals surface area contributed by atoms with Crippen LogP contribution in [-0.2, 0) is 4.74 Å². The Morgan fingerprint density at radius 3 is 1.75 bits per heavy atom. The van der Waals surface area contributed by atoms with Gasteiger partial charge in [-0.3, -0.25) is 4.74 Å². The van der Waals surface area contributed by atoms with E-state index in [-0.39, 0.29) is 13.3 Å². The second-order valence-corrected chi connectivity index (χ2v) is 5.28. The van der Waals surface area contributed by atoms with Gasteiger partial charge in [0.1, 0.15) is 0 Å². The Hall–Kier alpha value is -1.00. The Balaban J connectivity index is 5.43. The van der Waals surface area contributed by atoms with Gasteiger partial charge in [0.15, 0.2) is 0 Å². The van der Waals surface area contributed by atoms with Gasteiger partial charge in [-0.25, -0.2) is 4.39 Å². The van der Waals surface area contributed by atoms with Crippen molar-refractivity contribution in [1.82, 2.24) is 0 Å². The van der Waals surface area contributed by atoms with Crippen LogP contribution in [0.25, 0.3) is 0 Å². The predicted molar refractivity (Wildman–Crippen MR) is 64.7 cm³/mol. The van der Waals surface area contributed by atoms with Crippen LogP contribution in [0.2, 0.25) is 0 Å². The second kappa shape index (κ2) is 7.09. The lowest BCUT2D eigenvalue weighted by atomic mass is 9.93. The van der Waals surface area contributed by atoms with E-state index in [1.807, 2.05) is 0 Å². The van der Waals surface area contributed by atoms with Crippen LogP contribution in [0.3, 0.4) is 0 Å². The molecule has 0 heterocycles. The largest absolute Gasteiger partial charge is 0.462 e. The van der Waals surface area contributed by atoms with Gasteiger partial charge in [-0.05, 0) is 19.8 Å². The van der Waals surface area contributed by atoms with Crippen LogP contribution in [0.1, 0.15) is 33.6 Å². The molecule has 0 aromatic rings. The lowest BCUT2D eigenvalue weighted by Gasteiger charge is -2.38. The van der Waals surface area contributed by atoms with Crippen LogP contribution in [0.5, 0.6) is 0 Å². The zero-order valence-electron chi connectivity index (χ0n) is 12.8. The second-order valence-electron chi connectivity index (χ2n) is 5.28. The van der Waals surface area contributed by atoms with E-state index in [9.17, 15) is 43.9 Å². The fourth-order valence-electron chi connectivity index (χ4n) is 1.67. The van der Waals surface area contributed by atoms with Crippen LogP contribution in [0, 0.1) is 5.92 Å². The third-order valence-electron chi connectivity index (χ3n) is 3.26. The van der Waals surface area contributed by atoms with Crippen LogP contribution < -0.4 is 0 Å². The maximum Gasteiger partial charge on any atom is 0.462 e. The average molecular weight is 378 g/mol. The first-order valence-corrected chi connectivity index (χ1v) is 6.64. The van der Waals surface area contributed by atoms with Gasteiger partial charge in [0.25, 0.3) is 5.85 Å². The van der Waals surface area contributed by atoms with E-state index >= 15 is 0 Å². The highest BCUT2D eigenvalue weighted by molar-refractivity contribution is 4.93. The molecule has 0 aliphatic heterocycles. The third kappa shape index (κ3) is 4.54. The van der Waals surface area contributed by atoms with E-state index in [1.54, 1.807) is 6.92 Å². The van der Waals surface area contributed by atoms with Crippen molar-refractivity contribution in [1.29, 1.82) is 0 Å². The molecule has 0 spiro atoms. The lowest BCUT2D eigenvalue weighted by molar-refractivity contribution is -0.472. The minimum atomic E-state index is -6.85. The summed E-state index contributed by atoms with van der Waals surface area (Å²) in [4.78, 5) is 0. The highest BCUT2D eigenvalue weighted by Crippen LogP contribution is 2.51. The van der Waals surface area contributed by atoms with E-state index in [0.29, 0.717) is 0 Å². The van der Waals surface area contributed by atoms with Gasteiger partial charge >= 0.3 is 24.1 Å². The van der Waals surface area contributed by atoms with Gasteiger partial charge in [0.2, 0.25) is 0 Å². The number of rotatable bonds is 8. The van der Waals surface area contributed by atoms with E-state index < -0.39 is 42.3 Å². The molecule has 0 aromatic carbocycles. The van der Waals surface area contributed by atoms with E-state index in [4.69, 9.17) is 0 Å². The molecule has 0 aliphatic rings.